The number of hydrogen-bond donors (Lipinski definition) is 2. The van der Waals surface area contributed by atoms with Gasteiger partial charge in [0.05, 0.1) is 15.6 Å². The largest absolute Gasteiger partial charge is 1.00 e. The molecule has 0 spiro atoms. The van der Waals surface area contributed by atoms with Crippen LogP contribution in [0.5, 0.6) is 0 Å². The van der Waals surface area contributed by atoms with Crippen molar-refractivity contribution >= 4 is 39.3 Å². The van der Waals surface area contributed by atoms with Gasteiger partial charge in [0, 0.05) is 0 Å². The molecule has 0 saturated heterocycles. The maximum atomic E-state index is 10.8. The van der Waals surface area contributed by atoms with E-state index in [0.717, 1.165) is 12.1 Å². The number of carbonyl (C=O) groups is 1. The van der Waals surface area contributed by atoms with Crippen LogP contribution in [-0.4, -0.2) is 24.0 Å². The Bertz CT molecular complexity index is 541. The van der Waals surface area contributed by atoms with Crippen LogP contribution in [0.15, 0.2) is 17.0 Å². The normalized spacial score (nSPS) is 10.1. The number of halogens is 2. The molecule has 0 unspecified atom stereocenters. The first kappa shape index (κ1) is 20.5. The smallest absolute Gasteiger partial charge is 1.00 e. The summed E-state index contributed by atoms with van der Waals surface area (Å²) in [5.74, 6) is -1.34. The Morgan fingerprint density at radius 3 is 2.00 bits per heavy atom. The third kappa shape index (κ3) is 5.36. The van der Waals surface area contributed by atoms with Crippen LogP contribution in [0.2, 0.25) is 10.0 Å². The molecule has 0 amide bonds. The van der Waals surface area contributed by atoms with Gasteiger partial charge in [-0.05, 0) is 12.1 Å². The van der Waals surface area contributed by atoms with Crippen molar-refractivity contribution in [2.24, 2.45) is 0 Å². The van der Waals surface area contributed by atoms with Gasteiger partial charge in [-0.2, -0.15) is 8.42 Å². The van der Waals surface area contributed by atoms with Gasteiger partial charge < -0.3 is 7.96 Å². The molecule has 0 aliphatic carbocycles. The van der Waals surface area contributed by atoms with Gasteiger partial charge >= 0.3 is 65.1 Å². The molecule has 10 heteroatoms. The Morgan fingerprint density at radius 2 is 1.65 bits per heavy atom. The second kappa shape index (κ2) is 7.69. The van der Waals surface area contributed by atoms with E-state index in [1.807, 2.05) is 0 Å². The van der Waals surface area contributed by atoms with Crippen LogP contribution in [0.25, 0.3) is 0 Å². The van der Waals surface area contributed by atoms with Crippen LogP contribution in [0.3, 0.4) is 0 Å². The molecule has 0 atom stereocenters. The molecular weight excluding hydrogens is 313 g/mol. The minimum atomic E-state index is -4.51. The van der Waals surface area contributed by atoms with Gasteiger partial charge in [-0.1, -0.05) is 23.2 Å². The van der Waals surface area contributed by atoms with Crippen molar-refractivity contribution in [3.05, 3.63) is 27.7 Å². The molecule has 0 heterocycles. The Labute approximate surface area is 155 Å². The summed E-state index contributed by atoms with van der Waals surface area (Å²) in [5.41, 5.74) is -0.339. The van der Waals surface area contributed by atoms with Gasteiger partial charge in [-0.25, -0.2) is 4.79 Å². The van der Waals surface area contributed by atoms with Gasteiger partial charge in [0.1, 0.15) is 4.90 Å². The molecule has 1 aromatic carbocycles. The summed E-state index contributed by atoms with van der Waals surface area (Å²) >= 11 is 11.0. The van der Waals surface area contributed by atoms with E-state index in [4.69, 9.17) is 32.9 Å². The van der Waals surface area contributed by atoms with Crippen LogP contribution in [0, 0.1) is 0 Å². The molecule has 0 saturated carbocycles. The molecule has 0 bridgehead atoms. The van der Waals surface area contributed by atoms with E-state index in [0.29, 0.717) is 0 Å². The third-order valence-electron chi connectivity index (χ3n) is 1.53. The molecule has 1 aromatic rings. The van der Waals surface area contributed by atoms with Crippen LogP contribution in [0.1, 0.15) is 13.2 Å². The zero-order valence-electron chi connectivity index (χ0n) is 10.9. The number of benzene rings is 1. The predicted molar refractivity (Wildman–Crippen MR) is 55.5 cm³/mol. The average molecular weight is 319 g/mol. The van der Waals surface area contributed by atoms with Crippen molar-refractivity contribution in [1.82, 2.24) is 0 Å². The van der Waals surface area contributed by atoms with Crippen LogP contribution < -0.4 is 59.1 Å². The molecule has 17 heavy (non-hydrogen) atoms. The summed E-state index contributed by atoms with van der Waals surface area (Å²) in [6.07, 6.45) is 0. The van der Waals surface area contributed by atoms with Crippen molar-refractivity contribution in [2.45, 2.75) is 4.90 Å². The molecule has 5 nitrogen and oxygen atoms in total. The van der Waals surface area contributed by atoms with E-state index in [9.17, 15) is 13.2 Å². The fraction of sp³-hybridized carbons (Fsp3) is 0. The molecule has 1 rings (SSSR count). The molecule has 86 valence electrons. The second-order valence-corrected chi connectivity index (χ2v) is 4.75. The maximum Gasteiger partial charge on any atom is 1.00 e. The van der Waals surface area contributed by atoms with Gasteiger partial charge in [0.2, 0.25) is 0 Å². The predicted octanol–water partition coefficient (Wildman–Crippen LogP) is -3.83. The van der Waals surface area contributed by atoms with Gasteiger partial charge in [-0.15, -0.1) is 0 Å². The number of carboxylic acids is 1. The van der Waals surface area contributed by atoms with E-state index >= 15 is 0 Å². The standard InChI is InChI=1S/C7H4Cl2O5S.2Na.2H/c8-4-2-6(15(12,13)14)5(9)1-3(4)7(10)11;;;;/h1-2H,(H,10,11)(H,12,13,14);;;;/q;2*+1;2*-1. The quantitative estimate of drug-likeness (QED) is 0.431. The number of rotatable bonds is 2. The fourth-order valence-corrected chi connectivity index (χ4v) is 2.23. The van der Waals surface area contributed by atoms with Gasteiger partial charge in [0.25, 0.3) is 10.1 Å². The van der Waals surface area contributed by atoms with E-state index in [1.165, 1.54) is 0 Å². The van der Waals surface area contributed by atoms with Crippen LogP contribution >= 0.6 is 23.2 Å². The first-order valence-electron chi connectivity index (χ1n) is 3.43. The van der Waals surface area contributed by atoms with Gasteiger partial charge in [-0.3, -0.25) is 4.55 Å². The average Bonchev–Trinajstić information content (AvgIpc) is 2.06. The van der Waals surface area contributed by atoms with E-state index < -0.39 is 26.0 Å². The van der Waals surface area contributed by atoms with Crippen LogP contribution in [-0.2, 0) is 10.1 Å². The molecule has 0 radical (unpaired) electrons. The zero-order chi connectivity index (χ0) is 11.8. The molecule has 0 fully saturated rings. The van der Waals surface area contributed by atoms with Gasteiger partial charge in [0.15, 0.2) is 0 Å². The van der Waals surface area contributed by atoms with Crippen molar-refractivity contribution < 1.29 is 84.8 Å². The summed E-state index contributed by atoms with van der Waals surface area (Å²) in [6, 6.07) is 1.64. The SMILES string of the molecule is O=C(O)c1cc(Cl)c(S(=O)(=O)O)cc1Cl.[H-].[H-].[Na+].[Na+]. The molecular formula is C7H6Cl2Na2O5S. The van der Waals surface area contributed by atoms with Crippen molar-refractivity contribution in [2.75, 3.05) is 0 Å². The van der Waals surface area contributed by atoms with E-state index in [1.54, 1.807) is 0 Å². The Hall–Kier alpha value is 1.18. The maximum absolute atomic E-state index is 10.8. The summed E-state index contributed by atoms with van der Waals surface area (Å²) in [4.78, 5) is 9.95. The minimum absolute atomic E-state index is 0. The summed E-state index contributed by atoms with van der Waals surface area (Å²) in [7, 11) is -4.51. The summed E-state index contributed by atoms with van der Waals surface area (Å²) in [6.45, 7) is 0. The molecule has 2 N–H and O–H groups in total. The molecule has 0 aliphatic heterocycles. The third-order valence-corrected chi connectivity index (χ3v) is 3.16. The Morgan fingerprint density at radius 1 is 1.18 bits per heavy atom. The topological polar surface area (TPSA) is 91.7 Å². The zero-order valence-corrected chi connectivity index (χ0v) is 15.3. The number of carboxylic acid groups (broad SMARTS) is 1. The summed E-state index contributed by atoms with van der Waals surface area (Å²) in [5, 5.41) is 7.91. The van der Waals surface area contributed by atoms with E-state index in [2.05, 4.69) is 0 Å². The Kier molecular flexibility index (Phi) is 9.27. The Balaban J connectivity index is -0.000000281. The molecule has 0 aromatic heterocycles. The fourth-order valence-electron chi connectivity index (χ4n) is 0.890. The van der Waals surface area contributed by atoms with Crippen LogP contribution in [0.4, 0.5) is 0 Å². The summed E-state index contributed by atoms with van der Waals surface area (Å²) < 4.78 is 30.2. The first-order valence-corrected chi connectivity index (χ1v) is 5.63. The van der Waals surface area contributed by atoms with E-state index in [-0.39, 0.29) is 72.6 Å². The first-order chi connectivity index (χ1) is 6.73. The second-order valence-electron chi connectivity index (χ2n) is 2.54. The van der Waals surface area contributed by atoms with Crippen molar-refractivity contribution in [1.29, 1.82) is 0 Å². The molecule has 0 aliphatic rings. The monoisotopic (exact) mass is 318 g/mol. The number of hydrogen-bond acceptors (Lipinski definition) is 3. The minimum Gasteiger partial charge on any atom is -1.00 e. The van der Waals surface area contributed by atoms with Crippen molar-refractivity contribution in [3.8, 4) is 0 Å². The van der Waals surface area contributed by atoms with Crippen molar-refractivity contribution in [3.63, 3.8) is 0 Å². The number of aromatic carboxylic acids is 1.